The Kier molecular flexibility index (Phi) is 5.09. The van der Waals surface area contributed by atoms with E-state index in [-0.39, 0.29) is 18.4 Å². The normalized spacial score (nSPS) is 16.4. The van der Waals surface area contributed by atoms with Crippen LogP contribution in [0.25, 0.3) is 0 Å². The highest BCUT2D eigenvalue weighted by Crippen LogP contribution is 2.37. The second kappa shape index (κ2) is 5.89. The summed E-state index contributed by atoms with van der Waals surface area (Å²) < 4.78 is 6.17. The maximum absolute atomic E-state index is 6.13. The predicted octanol–water partition coefficient (Wildman–Crippen LogP) is 3.68. The van der Waals surface area contributed by atoms with Crippen LogP contribution in [0.4, 0.5) is 0 Å². The number of ether oxygens (including phenoxy) is 1. The Morgan fingerprint density at radius 1 is 1.50 bits per heavy atom. The number of nitrogens with two attached hydrogens (primary N) is 1. The monoisotopic (exact) mass is 305 g/mol. The number of methoxy groups -OCH3 is 1. The van der Waals surface area contributed by atoms with Crippen LogP contribution >= 0.6 is 28.3 Å². The van der Waals surface area contributed by atoms with E-state index in [9.17, 15) is 0 Å². The van der Waals surface area contributed by atoms with E-state index in [0.717, 1.165) is 22.6 Å². The molecule has 2 nitrogen and oxygen atoms in total. The van der Waals surface area contributed by atoms with Crippen molar-refractivity contribution in [1.29, 1.82) is 0 Å². The molecule has 16 heavy (non-hydrogen) atoms. The smallest absolute Gasteiger partial charge is 0.133 e. The fraction of sp³-hybridized carbons (Fsp3) is 0.500. The molecule has 1 atom stereocenters. The second-order valence-electron chi connectivity index (χ2n) is 4.18. The second-order valence-corrected chi connectivity index (χ2v) is 5.03. The summed E-state index contributed by atoms with van der Waals surface area (Å²) in [6, 6.07) is 6.24. The summed E-state index contributed by atoms with van der Waals surface area (Å²) >= 11 is 3.48. The van der Waals surface area contributed by atoms with Crippen LogP contribution in [0.5, 0.6) is 5.75 Å². The van der Waals surface area contributed by atoms with Gasteiger partial charge >= 0.3 is 0 Å². The van der Waals surface area contributed by atoms with Gasteiger partial charge in [-0.1, -0.05) is 18.9 Å². The topological polar surface area (TPSA) is 35.2 Å². The first-order valence-corrected chi connectivity index (χ1v) is 6.09. The van der Waals surface area contributed by atoms with Gasteiger partial charge in [0.25, 0.3) is 0 Å². The third-order valence-corrected chi connectivity index (χ3v) is 3.51. The van der Waals surface area contributed by atoms with E-state index in [1.54, 1.807) is 7.11 Å². The average Bonchev–Trinajstić information content (AvgIpc) is 3.01. The van der Waals surface area contributed by atoms with E-state index < -0.39 is 0 Å². The first kappa shape index (κ1) is 13.8. The summed E-state index contributed by atoms with van der Waals surface area (Å²) in [6.45, 7) is 0. The lowest BCUT2D eigenvalue weighted by Crippen LogP contribution is -2.10. The first-order valence-electron chi connectivity index (χ1n) is 5.29. The molecule has 0 radical (unpaired) electrons. The van der Waals surface area contributed by atoms with Crippen molar-refractivity contribution < 1.29 is 4.74 Å². The van der Waals surface area contributed by atoms with Crippen molar-refractivity contribution in [2.45, 2.75) is 25.3 Å². The molecule has 0 spiro atoms. The number of hydrogen-bond donors (Lipinski definition) is 1. The molecule has 1 fully saturated rings. The van der Waals surface area contributed by atoms with Crippen LogP contribution in [0.3, 0.4) is 0 Å². The van der Waals surface area contributed by atoms with E-state index in [1.807, 2.05) is 6.07 Å². The number of halogens is 2. The molecule has 0 bridgehead atoms. The van der Waals surface area contributed by atoms with Gasteiger partial charge in [0, 0.05) is 6.04 Å². The first-order chi connectivity index (χ1) is 7.20. The maximum atomic E-state index is 6.13. The Morgan fingerprint density at radius 3 is 2.69 bits per heavy atom. The van der Waals surface area contributed by atoms with Gasteiger partial charge in [-0.2, -0.15) is 0 Å². The zero-order chi connectivity index (χ0) is 10.8. The summed E-state index contributed by atoms with van der Waals surface area (Å²) in [4.78, 5) is 0. The minimum absolute atomic E-state index is 0. The lowest BCUT2D eigenvalue weighted by Gasteiger charge is -2.13. The van der Waals surface area contributed by atoms with Gasteiger partial charge in [-0.05, 0) is 46.0 Å². The van der Waals surface area contributed by atoms with E-state index in [1.165, 1.54) is 18.4 Å². The van der Waals surface area contributed by atoms with Crippen molar-refractivity contribution in [3.05, 3.63) is 28.2 Å². The van der Waals surface area contributed by atoms with Crippen LogP contribution in [0.1, 0.15) is 30.9 Å². The highest BCUT2D eigenvalue weighted by Gasteiger charge is 2.24. The quantitative estimate of drug-likeness (QED) is 0.921. The Labute approximate surface area is 111 Å². The van der Waals surface area contributed by atoms with Crippen LogP contribution in [0, 0.1) is 5.92 Å². The molecule has 1 aromatic rings. The Hall–Kier alpha value is -0.250. The molecule has 1 aliphatic carbocycles. The summed E-state index contributed by atoms with van der Waals surface area (Å²) in [5, 5.41) is 0. The van der Waals surface area contributed by atoms with E-state index in [0.29, 0.717) is 0 Å². The van der Waals surface area contributed by atoms with Gasteiger partial charge in [-0.3, -0.25) is 0 Å². The molecule has 1 aliphatic rings. The molecular weight excluding hydrogens is 289 g/mol. The van der Waals surface area contributed by atoms with Gasteiger partial charge in [0.1, 0.15) is 5.75 Å². The Morgan fingerprint density at radius 2 is 2.19 bits per heavy atom. The lowest BCUT2D eigenvalue weighted by atomic mass is 10.0. The Balaban J connectivity index is 0.00000128. The highest BCUT2D eigenvalue weighted by molar-refractivity contribution is 9.10. The van der Waals surface area contributed by atoms with Gasteiger partial charge in [-0.15, -0.1) is 12.4 Å². The molecule has 2 rings (SSSR count). The molecule has 0 aliphatic heterocycles. The zero-order valence-corrected chi connectivity index (χ0v) is 11.7. The van der Waals surface area contributed by atoms with E-state index in [2.05, 4.69) is 28.1 Å². The van der Waals surface area contributed by atoms with Crippen LogP contribution in [0.2, 0.25) is 0 Å². The fourth-order valence-corrected chi connectivity index (χ4v) is 2.32. The average molecular weight is 307 g/mol. The van der Waals surface area contributed by atoms with Crippen LogP contribution in [-0.4, -0.2) is 7.11 Å². The van der Waals surface area contributed by atoms with Crippen LogP contribution in [0.15, 0.2) is 22.7 Å². The predicted molar refractivity (Wildman–Crippen MR) is 72.2 cm³/mol. The molecule has 0 unspecified atom stereocenters. The number of benzene rings is 1. The van der Waals surface area contributed by atoms with Gasteiger partial charge < -0.3 is 10.5 Å². The van der Waals surface area contributed by atoms with Crippen molar-refractivity contribution >= 4 is 28.3 Å². The minimum atomic E-state index is 0. The standard InChI is InChI=1S/C12H16BrNO.ClH/c1-15-12-5-4-9(7-10(12)13)11(14)6-8-2-3-8;/h4-5,7-8,11H,2-3,6,14H2,1H3;1H/t11-;/m0./s1. The van der Waals surface area contributed by atoms with Crippen molar-refractivity contribution in [1.82, 2.24) is 0 Å². The van der Waals surface area contributed by atoms with Gasteiger partial charge in [0.2, 0.25) is 0 Å². The van der Waals surface area contributed by atoms with Crippen LogP contribution < -0.4 is 10.5 Å². The molecule has 4 heteroatoms. The summed E-state index contributed by atoms with van der Waals surface area (Å²) in [6.07, 6.45) is 3.81. The number of hydrogen-bond acceptors (Lipinski definition) is 2. The number of rotatable bonds is 4. The molecular formula is C12H17BrClNO. The molecule has 0 saturated heterocycles. The molecule has 0 heterocycles. The summed E-state index contributed by atoms with van der Waals surface area (Å²) in [5.41, 5.74) is 7.32. The fourth-order valence-electron chi connectivity index (χ4n) is 1.76. The highest BCUT2D eigenvalue weighted by atomic mass is 79.9. The molecule has 0 aromatic heterocycles. The lowest BCUT2D eigenvalue weighted by molar-refractivity contribution is 0.411. The largest absolute Gasteiger partial charge is 0.496 e. The zero-order valence-electron chi connectivity index (χ0n) is 9.28. The third kappa shape index (κ3) is 3.37. The Bertz CT molecular complexity index is 355. The maximum Gasteiger partial charge on any atom is 0.133 e. The summed E-state index contributed by atoms with van der Waals surface area (Å²) in [7, 11) is 1.67. The van der Waals surface area contributed by atoms with Gasteiger partial charge in [0.05, 0.1) is 11.6 Å². The van der Waals surface area contributed by atoms with Crippen molar-refractivity contribution in [2.75, 3.05) is 7.11 Å². The van der Waals surface area contributed by atoms with E-state index >= 15 is 0 Å². The molecule has 90 valence electrons. The third-order valence-electron chi connectivity index (χ3n) is 2.89. The molecule has 1 aromatic carbocycles. The van der Waals surface area contributed by atoms with Crippen molar-refractivity contribution in [3.63, 3.8) is 0 Å². The SMILES string of the molecule is COc1ccc([C@@H](N)CC2CC2)cc1Br.Cl. The minimum Gasteiger partial charge on any atom is -0.496 e. The molecule has 2 N–H and O–H groups in total. The van der Waals surface area contributed by atoms with Gasteiger partial charge in [0.15, 0.2) is 0 Å². The summed E-state index contributed by atoms with van der Waals surface area (Å²) in [5.74, 6) is 1.72. The van der Waals surface area contributed by atoms with Gasteiger partial charge in [-0.25, -0.2) is 0 Å². The van der Waals surface area contributed by atoms with Crippen molar-refractivity contribution in [3.8, 4) is 5.75 Å². The molecule has 1 saturated carbocycles. The molecule has 0 amide bonds. The van der Waals surface area contributed by atoms with E-state index in [4.69, 9.17) is 10.5 Å². The van der Waals surface area contributed by atoms with Crippen LogP contribution in [-0.2, 0) is 0 Å². The van der Waals surface area contributed by atoms with Crippen molar-refractivity contribution in [2.24, 2.45) is 11.7 Å².